The van der Waals surface area contributed by atoms with Gasteiger partial charge in [0.05, 0.1) is 10.9 Å². The normalized spacial score (nSPS) is 22.0. The summed E-state index contributed by atoms with van der Waals surface area (Å²) >= 11 is 1.42. The van der Waals surface area contributed by atoms with Crippen LogP contribution in [0.15, 0.2) is 29.4 Å². The van der Waals surface area contributed by atoms with Crippen molar-refractivity contribution in [2.75, 3.05) is 13.1 Å². The summed E-state index contributed by atoms with van der Waals surface area (Å²) in [5, 5.41) is 12.4. The van der Waals surface area contributed by atoms with Crippen molar-refractivity contribution in [3.05, 3.63) is 29.8 Å². The van der Waals surface area contributed by atoms with Crippen LogP contribution >= 0.6 is 11.8 Å². The summed E-state index contributed by atoms with van der Waals surface area (Å²) in [6.45, 7) is 10.1. The fourth-order valence-corrected chi connectivity index (χ4v) is 4.37. The monoisotopic (exact) mass is 359 g/mol. The Morgan fingerprint density at radius 2 is 2.00 bits per heavy atom. The minimum Gasteiger partial charge on any atom is -0.341 e. The summed E-state index contributed by atoms with van der Waals surface area (Å²) in [4.78, 5) is 14.8. The van der Waals surface area contributed by atoms with Crippen LogP contribution in [0.25, 0.3) is 5.69 Å². The van der Waals surface area contributed by atoms with E-state index >= 15 is 0 Å². The lowest BCUT2D eigenvalue weighted by molar-refractivity contribution is -0.132. The van der Waals surface area contributed by atoms with Crippen molar-refractivity contribution in [2.45, 2.75) is 44.5 Å². The first-order chi connectivity index (χ1) is 11.9. The zero-order valence-corrected chi connectivity index (χ0v) is 16.0. The molecule has 0 N–H and O–H groups in total. The highest BCUT2D eigenvalue weighted by atomic mass is 32.2. The maximum absolute atomic E-state index is 12.8. The van der Waals surface area contributed by atoms with E-state index in [9.17, 15) is 4.79 Å². The molecule has 0 aliphatic carbocycles. The molecule has 2 aromatic rings. The van der Waals surface area contributed by atoms with E-state index in [1.54, 1.807) is 4.68 Å². The standard InChI is InChI=1S/C18H25N5OS/c1-12-6-5-7-16(9-12)23-18(19-20-21-23)25-15(4)17(24)22-10-13(2)8-14(3)11-22/h5-7,9,13-15H,8,10-11H2,1-4H3. The summed E-state index contributed by atoms with van der Waals surface area (Å²) in [5.41, 5.74) is 2.05. The molecule has 3 atom stereocenters. The molecule has 0 spiro atoms. The molecule has 1 aromatic heterocycles. The summed E-state index contributed by atoms with van der Waals surface area (Å²) < 4.78 is 1.70. The average Bonchev–Trinajstić information content (AvgIpc) is 3.01. The minimum absolute atomic E-state index is 0.169. The van der Waals surface area contributed by atoms with Crippen molar-refractivity contribution in [3.8, 4) is 5.69 Å². The number of benzene rings is 1. The molecule has 3 rings (SSSR count). The number of aryl methyl sites for hydroxylation is 1. The van der Waals surface area contributed by atoms with Gasteiger partial charge in [0.15, 0.2) is 0 Å². The maximum Gasteiger partial charge on any atom is 0.235 e. The first-order valence-electron chi connectivity index (χ1n) is 8.75. The molecule has 1 fully saturated rings. The highest BCUT2D eigenvalue weighted by molar-refractivity contribution is 8.00. The Hall–Kier alpha value is -1.89. The molecular formula is C18H25N5OS. The van der Waals surface area contributed by atoms with Crippen LogP contribution in [0.3, 0.4) is 0 Å². The summed E-state index contributed by atoms with van der Waals surface area (Å²) in [6.07, 6.45) is 1.19. The van der Waals surface area contributed by atoms with E-state index in [0.29, 0.717) is 17.0 Å². The number of likely N-dealkylation sites (tertiary alicyclic amines) is 1. The predicted octanol–water partition coefficient (Wildman–Crippen LogP) is 2.96. The maximum atomic E-state index is 12.8. The second kappa shape index (κ2) is 7.56. The Bertz CT molecular complexity index is 737. The number of rotatable bonds is 4. The van der Waals surface area contributed by atoms with Crippen LogP contribution in [-0.2, 0) is 4.79 Å². The van der Waals surface area contributed by atoms with Crippen molar-refractivity contribution in [1.29, 1.82) is 0 Å². The van der Waals surface area contributed by atoms with Gasteiger partial charge in [-0.3, -0.25) is 4.79 Å². The lowest BCUT2D eigenvalue weighted by atomic mass is 9.92. The van der Waals surface area contributed by atoms with Gasteiger partial charge in [0, 0.05) is 13.1 Å². The second-order valence-electron chi connectivity index (χ2n) is 7.16. The third-order valence-corrected chi connectivity index (χ3v) is 5.52. The molecule has 2 heterocycles. The summed E-state index contributed by atoms with van der Waals surface area (Å²) in [6, 6.07) is 8.01. The van der Waals surface area contributed by atoms with Gasteiger partial charge in [-0.1, -0.05) is 37.7 Å². The van der Waals surface area contributed by atoms with Gasteiger partial charge >= 0.3 is 0 Å². The lowest BCUT2D eigenvalue weighted by Gasteiger charge is -2.36. The number of aromatic nitrogens is 4. The Morgan fingerprint density at radius 3 is 2.68 bits per heavy atom. The van der Waals surface area contributed by atoms with Crippen molar-refractivity contribution < 1.29 is 4.79 Å². The van der Waals surface area contributed by atoms with Crippen molar-refractivity contribution in [3.63, 3.8) is 0 Å². The number of piperidine rings is 1. The molecule has 1 aliphatic rings. The van der Waals surface area contributed by atoms with Gasteiger partial charge in [0.1, 0.15) is 0 Å². The number of carbonyl (C=O) groups excluding carboxylic acids is 1. The average molecular weight is 359 g/mol. The number of hydrogen-bond acceptors (Lipinski definition) is 5. The number of tetrazole rings is 1. The largest absolute Gasteiger partial charge is 0.341 e. The molecule has 6 nitrogen and oxygen atoms in total. The Morgan fingerprint density at radius 1 is 1.28 bits per heavy atom. The van der Waals surface area contributed by atoms with Gasteiger partial charge in [-0.05, 0) is 60.2 Å². The van der Waals surface area contributed by atoms with Gasteiger partial charge in [-0.15, -0.1) is 5.10 Å². The van der Waals surface area contributed by atoms with Gasteiger partial charge < -0.3 is 4.90 Å². The molecule has 1 amide bonds. The van der Waals surface area contributed by atoms with E-state index in [1.165, 1.54) is 18.2 Å². The number of nitrogens with zero attached hydrogens (tertiary/aromatic N) is 5. The van der Waals surface area contributed by atoms with Crippen LogP contribution < -0.4 is 0 Å². The highest BCUT2D eigenvalue weighted by Crippen LogP contribution is 2.27. The Balaban J connectivity index is 1.72. The van der Waals surface area contributed by atoms with Gasteiger partial charge in [-0.2, -0.15) is 4.68 Å². The SMILES string of the molecule is Cc1cccc(-n2nnnc2SC(C)C(=O)N2CC(C)CC(C)C2)c1. The van der Waals surface area contributed by atoms with Crippen LogP contribution in [-0.4, -0.2) is 49.4 Å². The van der Waals surface area contributed by atoms with Crippen molar-refractivity contribution in [2.24, 2.45) is 11.8 Å². The van der Waals surface area contributed by atoms with Crippen molar-refractivity contribution >= 4 is 17.7 Å². The molecule has 0 bridgehead atoms. The highest BCUT2D eigenvalue weighted by Gasteiger charge is 2.29. The topological polar surface area (TPSA) is 63.9 Å². The molecule has 1 aromatic carbocycles. The van der Waals surface area contributed by atoms with Crippen molar-refractivity contribution in [1.82, 2.24) is 25.1 Å². The van der Waals surface area contributed by atoms with Gasteiger partial charge in [0.25, 0.3) is 0 Å². The predicted molar refractivity (Wildman–Crippen MR) is 98.7 cm³/mol. The van der Waals surface area contributed by atoms with E-state index in [-0.39, 0.29) is 11.2 Å². The summed E-state index contributed by atoms with van der Waals surface area (Å²) in [7, 11) is 0. The Kier molecular flexibility index (Phi) is 5.42. The third-order valence-electron chi connectivity index (χ3n) is 4.50. The molecule has 1 saturated heterocycles. The number of amides is 1. The van der Waals surface area contributed by atoms with E-state index in [1.807, 2.05) is 43.0 Å². The zero-order chi connectivity index (χ0) is 18.0. The molecule has 1 aliphatic heterocycles. The number of hydrogen-bond donors (Lipinski definition) is 0. The third kappa shape index (κ3) is 4.21. The van der Waals surface area contributed by atoms with E-state index < -0.39 is 0 Å². The zero-order valence-electron chi connectivity index (χ0n) is 15.2. The fourth-order valence-electron chi connectivity index (χ4n) is 3.48. The molecule has 3 unspecified atom stereocenters. The summed E-state index contributed by atoms with van der Waals surface area (Å²) in [5.74, 6) is 1.28. The molecule has 25 heavy (non-hydrogen) atoms. The van der Waals surface area contributed by atoms with E-state index in [2.05, 4.69) is 29.4 Å². The van der Waals surface area contributed by atoms with Gasteiger partial charge in [-0.25, -0.2) is 0 Å². The fraction of sp³-hybridized carbons (Fsp3) is 0.556. The van der Waals surface area contributed by atoms with Crippen LogP contribution in [0.2, 0.25) is 0 Å². The molecule has 0 saturated carbocycles. The van der Waals surface area contributed by atoms with Gasteiger partial charge in [0.2, 0.25) is 11.1 Å². The number of carbonyl (C=O) groups is 1. The smallest absolute Gasteiger partial charge is 0.235 e. The van der Waals surface area contributed by atoms with Crippen LogP contribution in [0.1, 0.15) is 32.8 Å². The molecule has 134 valence electrons. The molecule has 7 heteroatoms. The first-order valence-corrected chi connectivity index (χ1v) is 9.63. The first kappa shape index (κ1) is 17.9. The lowest BCUT2D eigenvalue weighted by Crippen LogP contribution is -2.45. The quantitative estimate of drug-likeness (QED) is 0.785. The van der Waals surface area contributed by atoms with Crippen LogP contribution in [0.4, 0.5) is 0 Å². The minimum atomic E-state index is -0.216. The second-order valence-corrected chi connectivity index (χ2v) is 8.47. The van der Waals surface area contributed by atoms with E-state index in [0.717, 1.165) is 24.3 Å². The van der Waals surface area contributed by atoms with Crippen LogP contribution in [0, 0.1) is 18.8 Å². The van der Waals surface area contributed by atoms with Crippen LogP contribution in [0.5, 0.6) is 0 Å². The number of thioether (sulfide) groups is 1. The van der Waals surface area contributed by atoms with E-state index in [4.69, 9.17) is 0 Å². The molecular weight excluding hydrogens is 334 g/mol. The Labute approximate surface area is 153 Å². The molecule has 0 radical (unpaired) electrons.